The molecule has 0 saturated heterocycles. The van der Waals surface area contributed by atoms with E-state index in [9.17, 15) is 21.6 Å². The number of aromatic nitrogens is 2. The Balaban J connectivity index is 1.76. The predicted molar refractivity (Wildman–Crippen MR) is 118 cm³/mol. The molecule has 0 aliphatic carbocycles. The molecule has 0 aliphatic heterocycles. The van der Waals surface area contributed by atoms with E-state index < -0.39 is 21.1 Å². The lowest BCUT2D eigenvalue weighted by Gasteiger charge is -2.09. The van der Waals surface area contributed by atoms with Gasteiger partial charge in [0.25, 0.3) is 0 Å². The predicted octanol–water partition coefficient (Wildman–Crippen LogP) is 5.50. The van der Waals surface area contributed by atoms with Crippen molar-refractivity contribution in [2.24, 2.45) is 5.14 Å². The minimum absolute atomic E-state index is 0.0460. The van der Waals surface area contributed by atoms with E-state index in [1.807, 2.05) is 6.92 Å². The number of halogens is 3. The van der Waals surface area contributed by atoms with Crippen molar-refractivity contribution in [1.82, 2.24) is 9.55 Å². The number of primary sulfonamides is 1. The van der Waals surface area contributed by atoms with Crippen molar-refractivity contribution in [2.75, 3.05) is 0 Å². The van der Waals surface area contributed by atoms with Crippen LogP contribution in [0.25, 0.3) is 27.4 Å². The van der Waals surface area contributed by atoms with Gasteiger partial charge in [0.2, 0.25) is 10.0 Å². The third-order valence-electron chi connectivity index (χ3n) is 4.94. The van der Waals surface area contributed by atoms with Crippen molar-refractivity contribution in [3.63, 3.8) is 0 Å². The van der Waals surface area contributed by atoms with E-state index in [4.69, 9.17) is 5.14 Å². The molecule has 2 aromatic carbocycles. The van der Waals surface area contributed by atoms with Gasteiger partial charge < -0.3 is 4.57 Å². The number of thiophene rings is 1. The van der Waals surface area contributed by atoms with Crippen molar-refractivity contribution >= 4 is 21.4 Å². The topological polar surface area (TPSA) is 78.0 Å². The molecule has 0 spiro atoms. The van der Waals surface area contributed by atoms with Gasteiger partial charge in [-0.15, -0.1) is 11.3 Å². The van der Waals surface area contributed by atoms with Crippen LogP contribution < -0.4 is 5.14 Å². The first kappa shape index (κ1) is 22.3. The molecule has 2 aromatic heterocycles. The lowest BCUT2D eigenvalue weighted by Crippen LogP contribution is -2.14. The first-order chi connectivity index (χ1) is 15.1. The summed E-state index contributed by atoms with van der Waals surface area (Å²) >= 11 is 0.640. The van der Waals surface area contributed by atoms with Gasteiger partial charge in [-0.05, 0) is 41.8 Å². The Morgan fingerprint density at radius 2 is 1.81 bits per heavy atom. The van der Waals surface area contributed by atoms with E-state index in [1.165, 1.54) is 18.5 Å². The fraction of sp³-hybridized carbons (Fsp3) is 0.136. The van der Waals surface area contributed by atoms with Gasteiger partial charge in [-0.1, -0.05) is 37.3 Å². The second kappa shape index (κ2) is 8.19. The first-order valence-electron chi connectivity index (χ1n) is 9.55. The van der Waals surface area contributed by atoms with Crippen molar-refractivity contribution in [2.45, 2.75) is 24.4 Å². The van der Waals surface area contributed by atoms with Crippen molar-refractivity contribution in [1.29, 1.82) is 0 Å². The Bertz CT molecular complexity index is 1380. The zero-order valence-electron chi connectivity index (χ0n) is 16.8. The number of imidazole rings is 1. The number of aryl methyl sites for hydroxylation is 1. The second-order valence-electron chi connectivity index (χ2n) is 7.07. The van der Waals surface area contributed by atoms with Gasteiger partial charge in [0.05, 0.1) is 21.8 Å². The molecule has 10 heteroatoms. The molecule has 5 nitrogen and oxygen atoms in total. The van der Waals surface area contributed by atoms with Crippen molar-refractivity contribution in [3.05, 3.63) is 77.6 Å². The molecule has 4 aromatic rings. The normalized spacial score (nSPS) is 12.3. The van der Waals surface area contributed by atoms with Crippen LogP contribution in [-0.2, 0) is 22.6 Å². The van der Waals surface area contributed by atoms with Gasteiger partial charge >= 0.3 is 6.18 Å². The minimum Gasteiger partial charge on any atom is -0.306 e. The van der Waals surface area contributed by atoms with E-state index in [2.05, 4.69) is 4.98 Å². The number of alkyl halides is 3. The van der Waals surface area contributed by atoms with Crippen molar-refractivity contribution < 1.29 is 21.6 Å². The zero-order valence-corrected chi connectivity index (χ0v) is 18.4. The Hall–Kier alpha value is -2.95. The molecular weight excluding hydrogens is 459 g/mol. The molecule has 0 fully saturated rings. The average molecular weight is 478 g/mol. The highest BCUT2D eigenvalue weighted by atomic mass is 32.2. The quantitative estimate of drug-likeness (QED) is 0.413. The standard InChI is InChI=1S/C22H18F3N3O2S2/c1-2-14-10-16(8-9-20(14)32(26,29)30)28-12-18(27-13-28)19-11-17(15-6-4-3-5-7-15)21(31-19)22(23,24)25/h3-13H,2H2,1H3,(H2,26,29,30). The lowest BCUT2D eigenvalue weighted by atomic mass is 10.1. The summed E-state index contributed by atoms with van der Waals surface area (Å²) in [6.45, 7) is 1.81. The van der Waals surface area contributed by atoms with Gasteiger partial charge in [0.1, 0.15) is 4.88 Å². The fourth-order valence-corrected chi connectivity index (χ4v) is 5.27. The molecule has 32 heavy (non-hydrogen) atoms. The molecule has 0 aliphatic rings. The molecule has 0 bridgehead atoms. The third kappa shape index (κ3) is 4.34. The largest absolute Gasteiger partial charge is 0.426 e. The highest BCUT2D eigenvalue weighted by Gasteiger charge is 2.36. The Morgan fingerprint density at radius 3 is 2.44 bits per heavy atom. The monoisotopic (exact) mass is 477 g/mol. The molecule has 0 amide bonds. The highest BCUT2D eigenvalue weighted by Crippen LogP contribution is 2.45. The SMILES string of the molecule is CCc1cc(-n2cnc(-c3cc(-c4ccccc4)c(C(F)(F)F)s3)c2)ccc1S(N)(=O)=O. The van der Waals surface area contributed by atoms with E-state index in [0.29, 0.717) is 45.1 Å². The highest BCUT2D eigenvalue weighted by molar-refractivity contribution is 7.89. The molecule has 0 saturated carbocycles. The molecule has 4 rings (SSSR count). The zero-order chi connectivity index (χ0) is 23.1. The molecule has 2 heterocycles. The van der Waals surface area contributed by atoms with Gasteiger partial charge in [-0.3, -0.25) is 0 Å². The van der Waals surface area contributed by atoms with Crippen LogP contribution in [0, 0.1) is 0 Å². The van der Waals surface area contributed by atoms with E-state index in [1.54, 1.807) is 53.2 Å². The molecule has 0 unspecified atom stereocenters. The minimum atomic E-state index is -4.49. The molecule has 166 valence electrons. The Morgan fingerprint density at radius 1 is 1.09 bits per heavy atom. The van der Waals surface area contributed by atoms with Crippen LogP contribution in [0.2, 0.25) is 0 Å². The average Bonchev–Trinajstić information content (AvgIpc) is 3.40. The Labute approximate surface area is 187 Å². The van der Waals surface area contributed by atoms with Crippen LogP contribution in [0.15, 0.2) is 72.0 Å². The van der Waals surface area contributed by atoms with E-state index in [0.717, 1.165) is 0 Å². The third-order valence-corrected chi connectivity index (χ3v) is 7.15. The van der Waals surface area contributed by atoms with Crippen molar-refractivity contribution in [3.8, 4) is 27.4 Å². The summed E-state index contributed by atoms with van der Waals surface area (Å²) in [6.07, 6.45) is -0.945. The summed E-state index contributed by atoms with van der Waals surface area (Å²) < 4.78 is 66.2. The van der Waals surface area contributed by atoms with Crippen LogP contribution in [-0.4, -0.2) is 18.0 Å². The maximum absolute atomic E-state index is 13.7. The lowest BCUT2D eigenvalue weighted by molar-refractivity contribution is -0.133. The van der Waals surface area contributed by atoms with E-state index in [-0.39, 0.29) is 10.5 Å². The summed E-state index contributed by atoms with van der Waals surface area (Å²) in [6, 6.07) is 14.6. The first-order valence-corrected chi connectivity index (χ1v) is 11.9. The van der Waals surface area contributed by atoms with E-state index >= 15 is 0 Å². The fourth-order valence-electron chi connectivity index (χ4n) is 3.43. The summed E-state index contributed by atoms with van der Waals surface area (Å²) in [5.41, 5.74) is 2.15. The summed E-state index contributed by atoms with van der Waals surface area (Å²) in [5.74, 6) is 0. The second-order valence-corrected chi connectivity index (χ2v) is 9.66. The van der Waals surface area contributed by atoms with Crippen LogP contribution in [0.5, 0.6) is 0 Å². The summed E-state index contributed by atoms with van der Waals surface area (Å²) in [5, 5.41) is 5.26. The molecule has 0 atom stereocenters. The molecule has 0 radical (unpaired) electrons. The number of hydrogen-bond acceptors (Lipinski definition) is 4. The number of rotatable bonds is 5. The molecule has 2 N–H and O–H groups in total. The number of hydrogen-bond donors (Lipinski definition) is 1. The number of benzene rings is 2. The number of nitrogens with two attached hydrogens (primary N) is 1. The van der Waals surface area contributed by atoms with Crippen LogP contribution >= 0.6 is 11.3 Å². The van der Waals surface area contributed by atoms with Gasteiger partial charge in [-0.2, -0.15) is 13.2 Å². The summed E-state index contributed by atoms with van der Waals surface area (Å²) in [4.78, 5) is 4.03. The number of sulfonamides is 1. The van der Waals surface area contributed by atoms with Gasteiger partial charge in [0, 0.05) is 17.4 Å². The maximum atomic E-state index is 13.7. The van der Waals surface area contributed by atoms with Crippen LogP contribution in [0.3, 0.4) is 0 Å². The van der Waals surface area contributed by atoms with Gasteiger partial charge in [0.15, 0.2) is 0 Å². The maximum Gasteiger partial charge on any atom is 0.426 e. The Kier molecular flexibility index (Phi) is 5.70. The number of nitrogens with zero attached hydrogens (tertiary/aromatic N) is 2. The smallest absolute Gasteiger partial charge is 0.306 e. The summed E-state index contributed by atoms with van der Waals surface area (Å²) in [7, 11) is -3.85. The molecular formula is C22H18F3N3O2S2. The van der Waals surface area contributed by atoms with Gasteiger partial charge in [-0.25, -0.2) is 18.5 Å². The van der Waals surface area contributed by atoms with Crippen LogP contribution in [0.1, 0.15) is 17.4 Å². The van der Waals surface area contributed by atoms with Crippen LogP contribution in [0.4, 0.5) is 13.2 Å².